The smallest absolute Gasteiger partial charge is 0.311 e. The van der Waals surface area contributed by atoms with E-state index in [0.29, 0.717) is 0 Å². The van der Waals surface area contributed by atoms with E-state index >= 15 is 0 Å². The summed E-state index contributed by atoms with van der Waals surface area (Å²) in [6.45, 7) is 1.92. The van der Waals surface area contributed by atoms with Crippen LogP contribution in [0.3, 0.4) is 0 Å². The summed E-state index contributed by atoms with van der Waals surface area (Å²) in [5.74, 6) is 1.01. The second kappa shape index (κ2) is 6.31. The van der Waals surface area contributed by atoms with E-state index in [-0.39, 0.29) is 24.0 Å². The minimum Gasteiger partial charge on any atom is -1.00 e. The maximum Gasteiger partial charge on any atom is 0.311 e. The topological polar surface area (TPSA) is 31.1 Å². The molecule has 1 aliphatic rings. The van der Waals surface area contributed by atoms with Gasteiger partial charge in [-0.3, -0.25) is 0 Å². The fourth-order valence-electron chi connectivity index (χ4n) is 3.34. The molecule has 0 atom stereocenters. The van der Waals surface area contributed by atoms with Crippen LogP contribution in [-0.2, 0) is 6.54 Å². The van der Waals surface area contributed by atoms with Gasteiger partial charge in [-0.25, -0.2) is 0 Å². The van der Waals surface area contributed by atoms with Gasteiger partial charge in [0.15, 0.2) is 5.82 Å². The molecule has 23 heavy (non-hydrogen) atoms. The first-order valence-electron chi connectivity index (χ1n) is 7.62. The molecule has 2 heterocycles. The molecule has 1 aliphatic heterocycles. The summed E-state index contributed by atoms with van der Waals surface area (Å²) < 4.78 is 3.36. The normalized spacial score (nSPS) is 13.5. The summed E-state index contributed by atoms with van der Waals surface area (Å²) in [5, 5.41) is 0. The lowest BCUT2D eigenvalue weighted by Crippen LogP contribution is -3.00. The van der Waals surface area contributed by atoms with Crippen molar-refractivity contribution in [3.05, 3.63) is 59.5 Å². The van der Waals surface area contributed by atoms with Crippen molar-refractivity contribution in [1.82, 2.24) is 4.57 Å². The number of benzene rings is 2. The van der Waals surface area contributed by atoms with Gasteiger partial charge in [0, 0.05) is 31.1 Å². The molecule has 0 aliphatic carbocycles. The van der Waals surface area contributed by atoms with Crippen LogP contribution < -0.4 is 33.3 Å². The van der Waals surface area contributed by atoms with Crippen LogP contribution in [0.2, 0.25) is 0 Å². The van der Waals surface area contributed by atoms with E-state index in [0.717, 1.165) is 52.0 Å². The standard InChI is InChI=1S/C18H18N3O.HI/c1-19-12-7-13-20-15-10-5-6-11-16(15)21(22)17(18(19)20)14-8-3-2-4-9-14;/h2-6,8-11H,7,12-13H2,1H3;1H/q+1;/p-1. The number of nitrogens with zero attached hydrogens (tertiary/aromatic N) is 3. The zero-order valence-corrected chi connectivity index (χ0v) is 15.1. The van der Waals surface area contributed by atoms with E-state index in [1.54, 1.807) is 0 Å². The van der Waals surface area contributed by atoms with Gasteiger partial charge < -0.3 is 33.4 Å². The van der Waals surface area contributed by atoms with Gasteiger partial charge in [-0.2, -0.15) is 0 Å². The quantitative estimate of drug-likeness (QED) is 0.413. The number of rotatable bonds is 1. The Bertz CT molecular complexity index is 905. The van der Waals surface area contributed by atoms with E-state index in [1.807, 2.05) is 54.6 Å². The van der Waals surface area contributed by atoms with Crippen LogP contribution >= 0.6 is 0 Å². The van der Waals surface area contributed by atoms with E-state index in [9.17, 15) is 4.91 Å². The minimum absolute atomic E-state index is 0. The summed E-state index contributed by atoms with van der Waals surface area (Å²) in [6.07, 6.45) is 1.09. The summed E-state index contributed by atoms with van der Waals surface area (Å²) in [5.41, 5.74) is 3.42. The number of hydrogen-bond acceptors (Lipinski definition) is 2. The summed E-state index contributed by atoms with van der Waals surface area (Å²) in [4.78, 5) is 15.2. The second-order valence-corrected chi connectivity index (χ2v) is 5.75. The van der Waals surface area contributed by atoms with Crippen molar-refractivity contribution in [3.8, 4) is 11.3 Å². The Morgan fingerprint density at radius 1 is 0.957 bits per heavy atom. The van der Waals surface area contributed by atoms with Gasteiger partial charge in [0.05, 0.1) is 9.99 Å². The Morgan fingerprint density at radius 3 is 2.43 bits per heavy atom. The predicted molar refractivity (Wildman–Crippen MR) is 88.6 cm³/mol. The molecule has 0 fully saturated rings. The highest BCUT2D eigenvalue weighted by molar-refractivity contribution is 5.80. The molecule has 4 nitrogen and oxygen atoms in total. The minimum atomic E-state index is 0. The average molecular weight is 419 g/mol. The van der Waals surface area contributed by atoms with Crippen LogP contribution in [0.15, 0.2) is 54.6 Å². The third kappa shape index (κ3) is 2.52. The van der Waals surface area contributed by atoms with E-state index < -0.39 is 0 Å². The number of para-hydroxylation sites is 2. The molecule has 0 bridgehead atoms. The molecule has 3 aromatic rings. The first-order chi connectivity index (χ1) is 10.8. The lowest BCUT2D eigenvalue weighted by molar-refractivity contribution is -0.451. The first kappa shape index (κ1) is 16.0. The SMILES string of the molecule is CN1CCCn2c1c(-c1ccccc1)[n+](=O)c1ccccc12.[I-]. The third-order valence-corrected chi connectivity index (χ3v) is 4.35. The molecule has 5 heteroatoms. The monoisotopic (exact) mass is 419 g/mol. The lowest BCUT2D eigenvalue weighted by atomic mass is 10.1. The Hall–Kier alpha value is -1.89. The van der Waals surface area contributed by atoms with Crippen molar-refractivity contribution < 1.29 is 28.4 Å². The van der Waals surface area contributed by atoms with Gasteiger partial charge >= 0.3 is 5.69 Å². The molecular formula is C18H18IN3O. The predicted octanol–water partition coefficient (Wildman–Crippen LogP) is 0.0667. The maximum atomic E-state index is 13.0. The highest BCUT2D eigenvalue weighted by atomic mass is 127. The molecule has 0 spiro atoms. The Labute approximate surface area is 152 Å². The highest BCUT2D eigenvalue weighted by Crippen LogP contribution is 2.32. The maximum absolute atomic E-state index is 13.0. The van der Waals surface area contributed by atoms with Crippen LogP contribution in [0.4, 0.5) is 5.82 Å². The second-order valence-electron chi connectivity index (χ2n) is 5.75. The molecule has 2 aromatic carbocycles. The van der Waals surface area contributed by atoms with E-state index in [4.69, 9.17) is 0 Å². The van der Waals surface area contributed by atoms with Gasteiger partial charge in [-0.1, -0.05) is 30.3 Å². The van der Waals surface area contributed by atoms with Gasteiger partial charge in [0.25, 0.3) is 5.52 Å². The van der Waals surface area contributed by atoms with Crippen LogP contribution in [0, 0.1) is 4.91 Å². The van der Waals surface area contributed by atoms with Crippen molar-refractivity contribution >= 4 is 16.9 Å². The summed E-state index contributed by atoms with van der Waals surface area (Å²) in [6, 6.07) is 17.8. The van der Waals surface area contributed by atoms with Gasteiger partial charge in [-0.05, 0) is 24.6 Å². The van der Waals surface area contributed by atoms with E-state index in [1.165, 1.54) is 0 Å². The Balaban J connectivity index is 0.00000156. The van der Waals surface area contributed by atoms with Crippen molar-refractivity contribution in [1.29, 1.82) is 0 Å². The third-order valence-electron chi connectivity index (χ3n) is 4.35. The Morgan fingerprint density at radius 2 is 1.65 bits per heavy atom. The molecule has 0 N–H and O–H groups in total. The highest BCUT2D eigenvalue weighted by Gasteiger charge is 2.30. The van der Waals surface area contributed by atoms with Gasteiger partial charge in [0.1, 0.15) is 5.52 Å². The summed E-state index contributed by atoms with van der Waals surface area (Å²) in [7, 11) is 2.06. The number of aryl methyl sites for hydroxylation is 1. The number of halogens is 1. The number of hydrogen-bond donors (Lipinski definition) is 0. The van der Waals surface area contributed by atoms with Gasteiger partial charge in [0.2, 0.25) is 0 Å². The Kier molecular flexibility index (Phi) is 4.39. The number of aromatic nitrogens is 2. The first-order valence-corrected chi connectivity index (χ1v) is 7.62. The molecule has 0 radical (unpaired) electrons. The molecule has 118 valence electrons. The van der Waals surface area contributed by atoms with Crippen LogP contribution in [-0.4, -0.2) is 18.2 Å². The zero-order valence-electron chi connectivity index (χ0n) is 12.9. The van der Waals surface area contributed by atoms with Crippen LogP contribution in [0.5, 0.6) is 0 Å². The van der Waals surface area contributed by atoms with Crippen molar-refractivity contribution in [3.63, 3.8) is 0 Å². The van der Waals surface area contributed by atoms with Crippen molar-refractivity contribution in [2.75, 3.05) is 18.5 Å². The lowest BCUT2D eigenvalue weighted by Gasteiger charge is -2.29. The van der Waals surface area contributed by atoms with E-state index in [2.05, 4.69) is 16.5 Å². The summed E-state index contributed by atoms with van der Waals surface area (Å²) >= 11 is 0. The number of anilines is 1. The largest absolute Gasteiger partial charge is 1.00 e. The van der Waals surface area contributed by atoms with Crippen molar-refractivity contribution in [2.45, 2.75) is 13.0 Å². The molecule has 0 amide bonds. The number of fused-ring (bicyclic) bond motifs is 3. The molecule has 0 saturated heterocycles. The molecule has 0 unspecified atom stereocenters. The fourth-order valence-corrected chi connectivity index (χ4v) is 3.34. The van der Waals surface area contributed by atoms with Crippen LogP contribution in [0.1, 0.15) is 6.42 Å². The average Bonchev–Trinajstić information content (AvgIpc) is 2.57. The molecule has 0 saturated carbocycles. The molecule has 1 aromatic heterocycles. The molecular weight excluding hydrogens is 401 g/mol. The van der Waals surface area contributed by atoms with Gasteiger partial charge in [-0.15, -0.1) is 0 Å². The molecule has 4 rings (SSSR count). The fraction of sp³-hybridized carbons (Fsp3) is 0.222. The van der Waals surface area contributed by atoms with Crippen molar-refractivity contribution in [2.24, 2.45) is 0 Å². The van der Waals surface area contributed by atoms with Crippen LogP contribution in [0.25, 0.3) is 22.3 Å². The zero-order chi connectivity index (χ0) is 15.1.